The molecule has 0 aliphatic heterocycles. The van der Waals surface area contributed by atoms with Crippen LogP contribution in [-0.4, -0.2) is 0 Å². The van der Waals surface area contributed by atoms with Gasteiger partial charge in [-0.05, 0) is 117 Å². The van der Waals surface area contributed by atoms with Gasteiger partial charge < -0.3 is 0 Å². The Hall–Kier alpha value is -5.98. The summed E-state index contributed by atoms with van der Waals surface area (Å²) in [6.45, 7) is 2.42. The molecule has 1 aliphatic rings. The van der Waals surface area contributed by atoms with Gasteiger partial charge in [0, 0.05) is 5.92 Å². The third kappa shape index (κ3) is 4.38. The molecule has 0 heterocycles. The Labute approximate surface area is 286 Å². The molecule has 49 heavy (non-hydrogen) atoms. The van der Waals surface area contributed by atoms with Crippen LogP contribution >= 0.6 is 0 Å². The number of rotatable bonds is 3. The number of fused-ring (bicyclic) bond motifs is 8. The summed E-state index contributed by atoms with van der Waals surface area (Å²) in [4.78, 5) is 0. The van der Waals surface area contributed by atoms with E-state index in [0.717, 1.165) is 0 Å². The van der Waals surface area contributed by atoms with Crippen LogP contribution in [0.5, 0.6) is 0 Å². The van der Waals surface area contributed by atoms with Crippen molar-refractivity contribution < 1.29 is 0 Å². The molecule has 0 bridgehead atoms. The van der Waals surface area contributed by atoms with Gasteiger partial charge in [0.25, 0.3) is 0 Å². The van der Waals surface area contributed by atoms with Gasteiger partial charge in [-0.1, -0.05) is 165 Å². The Morgan fingerprint density at radius 2 is 0.857 bits per heavy atom. The molecule has 9 aromatic rings. The van der Waals surface area contributed by atoms with Gasteiger partial charge in [0.1, 0.15) is 0 Å². The van der Waals surface area contributed by atoms with E-state index in [1.54, 1.807) is 0 Å². The second kappa shape index (κ2) is 11.0. The van der Waals surface area contributed by atoms with Crippen molar-refractivity contribution in [3.05, 3.63) is 193 Å². The number of hydrogen-bond acceptors (Lipinski definition) is 0. The minimum Gasteiger partial charge on any atom is -0.0619 e. The van der Waals surface area contributed by atoms with E-state index in [1.807, 2.05) is 0 Å². The largest absolute Gasteiger partial charge is 0.0619 e. The first-order valence-corrected chi connectivity index (χ1v) is 17.4. The minimum atomic E-state index is 0.263. The highest BCUT2D eigenvalue weighted by Gasteiger charge is 2.33. The van der Waals surface area contributed by atoms with Crippen molar-refractivity contribution in [1.82, 2.24) is 0 Å². The molecule has 0 heteroatoms. The Kier molecular flexibility index (Phi) is 6.33. The van der Waals surface area contributed by atoms with Crippen LogP contribution < -0.4 is 0 Å². The zero-order valence-electron chi connectivity index (χ0n) is 27.4. The van der Waals surface area contributed by atoms with Crippen LogP contribution in [-0.2, 0) is 0 Å². The number of benzene rings is 9. The predicted octanol–water partition coefficient (Wildman–Crippen LogP) is 13.5. The van der Waals surface area contributed by atoms with Crippen LogP contribution in [0.15, 0.2) is 176 Å². The lowest BCUT2D eigenvalue weighted by Gasteiger charge is -2.35. The third-order valence-electron chi connectivity index (χ3n) is 11.0. The zero-order valence-corrected chi connectivity index (χ0v) is 27.4. The first kappa shape index (κ1) is 28.1. The minimum absolute atomic E-state index is 0.263. The van der Waals surface area contributed by atoms with Crippen LogP contribution in [0.4, 0.5) is 0 Å². The molecule has 0 saturated carbocycles. The molecular weight excluding hydrogens is 589 g/mol. The molecule has 0 aromatic heterocycles. The average Bonchev–Trinajstić information content (AvgIpc) is 3.17. The lowest BCUT2D eigenvalue weighted by Crippen LogP contribution is -2.17. The van der Waals surface area contributed by atoms with E-state index in [2.05, 4.69) is 183 Å². The van der Waals surface area contributed by atoms with Crippen LogP contribution in [0.3, 0.4) is 0 Å². The molecule has 0 fully saturated rings. The normalized spacial score (nSPS) is 15.4. The van der Waals surface area contributed by atoms with Crippen molar-refractivity contribution in [2.45, 2.75) is 18.8 Å². The monoisotopic (exact) mass is 622 g/mol. The molecule has 0 N–H and O–H groups in total. The highest BCUT2D eigenvalue weighted by Crippen LogP contribution is 2.52. The molecule has 10 rings (SSSR count). The smallest absolute Gasteiger partial charge is 0.0168 e. The molecule has 1 aliphatic carbocycles. The fraction of sp³-hybridized carbons (Fsp3) is 0.0612. The maximum absolute atomic E-state index is 2.45. The van der Waals surface area contributed by atoms with E-state index < -0.39 is 0 Å². The van der Waals surface area contributed by atoms with E-state index >= 15 is 0 Å². The molecule has 2 atom stereocenters. The summed E-state index contributed by atoms with van der Waals surface area (Å²) in [5.74, 6) is 0.587. The van der Waals surface area contributed by atoms with E-state index in [1.165, 1.54) is 93.2 Å². The van der Waals surface area contributed by atoms with E-state index in [9.17, 15) is 0 Å². The lowest BCUT2D eigenvalue weighted by molar-refractivity contribution is 0.654. The Morgan fingerprint density at radius 1 is 0.327 bits per heavy atom. The first-order valence-electron chi connectivity index (χ1n) is 17.4. The van der Waals surface area contributed by atoms with Gasteiger partial charge in [-0.15, -0.1) is 0 Å². The van der Waals surface area contributed by atoms with E-state index in [-0.39, 0.29) is 5.92 Å². The molecule has 0 spiro atoms. The average molecular weight is 623 g/mol. The van der Waals surface area contributed by atoms with Crippen molar-refractivity contribution in [3.8, 4) is 33.4 Å². The van der Waals surface area contributed by atoms with Crippen molar-refractivity contribution in [3.63, 3.8) is 0 Å². The Bertz CT molecular complexity index is 2680. The third-order valence-corrected chi connectivity index (χ3v) is 11.0. The second-order valence-electron chi connectivity index (χ2n) is 13.7. The molecule has 2 unspecified atom stereocenters. The fourth-order valence-electron chi connectivity index (χ4n) is 8.76. The molecule has 0 nitrogen and oxygen atoms in total. The van der Waals surface area contributed by atoms with Crippen LogP contribution in [0.2, 0.25) is 0 Å². The molecular formula is C49H34. The maximum Gasteiger partial charge on any atom is 0.0168 e. The van der Waals surface area contributed by atoms with Gasteiger partial charge in [0.05, 0.1) is 0 Å². The molecule has 0 radical (unpaired) electrons. The van der Waals surface area contributed by atoms with Crippen LogP contribution in [0.1, 0.15) is 35.4 Å². The SMILES string of the molecule is CC1c2ccc(-c3ccc(-c4c5ccccc5cc5ccccc45)cc3)cc2-c2ccccc2C1c1cc2ccccc2c2ccccc12. The van der Waals surface area contributed by atoms with Gasteiger partial charge in [-0.25, -0.2) is 0 Å². The van der Waals surface area contributed by atoms with Gasteiger partial charge in [0.2, 0.25) is 0 Å². The first-order chi connectivity index (χ1) is 24.2. The standard InChI is InChI=1S/C49H34/c1-31-38-27-26-34(32-22-24-33(25-23-32)49-40-16-6-3-12-35(40)28-36-13-4-7-17-41(36)49)29-46(38)44-20-10-11-21-45(44)48(31)47-30-37-14-2-5-15-39(37)42-18-8-9-19-43(42)47/h2-31,48H,1H3. The van der Waals surface area contributed by atoms with Gasteiger partial charge >= 0.3 is 0 Å². The van der Waals surface area contributed by atoms with E-state index in [0.29, 0.717) is 5.92 Å². The molecule has 230 valence electrons. The molecule has 0 amide bonds. The molecule has 0 saturated heterocycles. The maximum atomic E-state index is 2.45. The van der Waals surface area contributed by atoms with Crippen molar-refractivity contribution in [2.75, 3.05) is 0 Å². The van der Waals surface area contributed by atoms with Crippen LogP contribution in [0.25, 0.3) is 76.5 Å². The Morgan fingerprint density at radius 3 is 1.57 bits per heavy atom. The van der Waals surface area contributed by atoms with Crippen molar-refractivity contribution in [1.29, 1.82) is 0 Å². The topological polar surface area (TPSA) is 0 Å². The summed E-state index contributed by atoms with van der Waals surface area (Å²) in [6, 6.07) is 65.5. The van der Waals surface area contributed by atoms with Crippen molar-refractivity contribution in [2.24, 2.45) is 0 Å². The van der Waals surface area contributed by atoms with Gasteiger partial charge in [-0.2, -0.15) is 0 Å². The fourth-order valence-corrected chi connectivity index (χ4v) is 8.76. The second-order valence-corrected chi connectivity index (χ2v) is 13.7. The summed E-state index contributed by atoms with van der Waals surface area (Å²) >= 11 is 0. The van der Waals surface area contributed by atoms with Crippen molar-refractivity contribution >= 4 is 43.1 Å². The quantitative estimate of drug-likeness (QED) is 0.136. The van der Waals surface area contributed by atoms with Gasteiger partial charge in [-0.3, -0.25) is 0 Å². The highest BCUT2D eigenvalue weighted by atomic mass is 14.4. The molecule has 9 aromatic carbocycles. The Balaban J connectivity index is 1.09. The summed E-state index contributed by atoms with van der Waals surface area (Å²) in [6.07, 6.45) is 0. The number of hydrogen-bond donors (Lipinski definition) is 0. The highest BCUT2D eigenvalue weighted by molar-refractivity contribution is 6.13. The van der Waals surface area contributed by atoms with Gasteiger partial charge in [0.15, 0.2) is 0 Å². The summed E-state index contributed by atoms with van der Waals surface area (Å²) in [5.41, 5.74) is 12.0. The lowest BCUT2D eigenvalue weighted by atomic mass is 9.68. The summed E-state index contributed by atoms with van der Waals surface area (Å²) in [5, 5.41) is 10.5. The summed E-state index contributed by atoms with van der Waals surface area (Å²) < 4.78 is 0. The summed E-state index contributed by atoms with van der Waals surface area (Å²) in [7, 11) is 0. The zero-order chi connectivity index (χ0) is 32.5. The predicted molar refractivity (Wildman–Crippen MR) is 209 cm³/mol. The van der Waals surface area contributed by atoms with E-state index in [4.69, 9.17) is 0 Å². The van der Waals surface area contributed by atoms with Crippen LogP contribution in [0, 0.1) is 0 Å².